The van der Waals surface area contributed by atoms with Crippen LogP contribution in [0.1, 0.15) is 56.8 Å². The van der Waals surface area contributed by atoms with Gasteiger partial charge in [-0.3, -0.25) is 0 Å². The van der Waals surface area contributed by atoms with Crippen LogP contribution >= 0.6 is 0 Å². The maximum atomic E-state index is 5.40. The summed E-state index contributed by atoms with van der Waals surface area (Å²) < 4.78 is 7.15. The summed E-state index contributed by atoms with van der Waals surface area (Å²) in [6, 6.07) is 8.00. The van der Waals surface area contributed by atoms with Crippen LogP contribution in [-0.2, 0) is 12.1 Å². The van der Waals surface area contributed by atoms with Crippen LogP contribution in [0.4, 0.5) is 0 Å². The molecule has 1 atom stereocenters. The fraction of sp³-hybridized carbons (Fsp3) is 0.591. The average Bonchev–Trinajstić information content (AvgIpc) is 3.67. The van der Waals surface area contributed by atoms with Crippen molar-refractivity contribution in [1.29, 1.82) is 0 Å². The Bertz CT molecular complexity index is 920. The van der Waals surface area contributed by atoms with Crippen molar-refractivity contribution in [3.8, 4) is 18.1 Å². The number of terminal acetylenes is 1. The molecule has 1 N–H and O–H groups in total. The monoisotopic (exact) mass is 407 g/mol. The number of hydrogen-bond donors (Lipinski definition) is 1. The predicted octanol–water partition coefficient (Wildman–Crippen LogP) is 3.30. The van der Waals surface area contributed by atoms with E-state index >= 15 is 0 Å². The first-order valence-corrected chi connectivity index (χ1v) is 10.6. The molecule has 1 unspecified atom stereocenters. The van der Waals surface area contributed by atoms with Gasteiger partial charge in [0.05, 0.1) is 19.2 Å². The molecule has 4 rings (SSSR count). The van der Waals surface area contributed by atoms with Gasteiger partial charge in [-0.15, -0.1) is 17.4 Å². The topological polar surface area (TPSA) is 89.6 Å². The molecule has 0 spiro atoms. The Hall–Kier alpha value is -2.79. The summed E-state index contributed by atoms with van der Waals surface area (Å²) in [5.41, 5.74) is 0.538. The van der Waals surface area contributed by atoms with E-state index < -0.39 is 0 Å². The van der Waals surface area contributed by atoms with Gasteiger partial charge in [-0.05, 0) is 47.4 Å². The molecular formula is C22H29N7O. The summed E-state index contributed by atoms with van der Waals surface area (Å²) in [4.78, 5) is 0. The molecule has 1 saturated carbocycles. The Labute approximate surface area is 177 Å². The van der Waals surface area contributed by atoms with Gasteiger partial charge in [0, 0.05) is 25.8 Å². The number of nitrogens with zero attached hydrogens (tertiary/aromatic N) is 6. The van der Waals surface area contributed by atoms with Crippen molar-refractivity contribution in [2.45, 2.75) is 63.2 Å². The van der Waals surface area contributed by atoms with Crippen LogP contribution in [0.2, 0.25) is 0 Å². The summed E-state index contributed by atoms with van der Waals surface area (Å²) in [6.07, 6.45) is 11.3. The second-order valence-electron chi connectivity index (χ2n) is 8.55. The molecule has 158 valence electrons. The SMILES string of the molecule is C#CCCC1(CCNC(C)(CC2CC2)c2nnnn2Cc2ccc(OC)cc2)N=N1. The zero-order valence-electron chi connectivity index (χ0n) is 17.7. The molecule has 2 aliphatic rings. The second kappa shape index (κ2) is 8.52. The summed E-state index contributed by atoms with van der Waals surface area (Å²) in [6.45, 7) is 3.61. The number of nitrogens with one attached hydrogen (secondary N) is 1. The van der Waals surface area contributed by atoms with Crippen molar-refractivity contribution >= 4 is 0 Å². The van der Waals surface area contributed by atoms with Crippen molar-refractivity contribution in [1.82, 2.24) is 25.5 Å². The standard InChI is InChI=1S/C22H29N7O/c1-4-5-12-22(25-26-22)13-14-23-21(2,15-17-6-7-17)20-24-27-28-29(20)16-18-8-10-19(30-3)11-9-18/h1,8-11,17,23H,5-7,12-16H2,2-3H3. The maximum absolute atomic E-state index is 5.40. The van der Waals surface area contributed by atoms with Crippen LogP contribution in [0.5, 0.6) is 5.75 Å². The summed E-state index contributed by atoms with van der Waals surface area (Å²) >= 11 is 0. The van der Waals surface area contributed by atoms with Gasteiger partial charge in [0.25, 0.3) is 0 Å². The van der Waals surface area contributed by atoms with Crippen molar-refractivity contribution in [3.63, 3.8) is 0 Å². The van der Waals surface area contributed by atoms with E-state index in [2.05, 4.69) is 43.9 Å². The zero-order chi connectivity index (χ0) is 21.0. The van der Waals surface area contributed by atoms with E-state index in [1.807, 2.05) is 28.9 Å². The van der Waals surface area contributed by atoms with Gasteiger partial charge >= 0.3 is 0 Å². The highest BCUT2D eigenvalue weighted by Gasteiger charge is 2.42. The van der Waals surface area contributed by atoms with E-state index in [-0.39, 0.29) is 11.2 Å². The number of tetrazole rings is 1. The molecule has 0 amide bonds. The van der Waals surface area contributed by atoms with E-state index in [1.54, 1.807) is 7.11 Å². The van der Waals surface area contributed by atoms with Crippen LogP contribution < -0.4 is 10.1 Å². The second-order valence-corrected chi connectivity index (χ2v) is 8.55. The lowest BCUT2D eigenvalue weighted by Gasteiger charge is -2.30. The van der Waals surface area contributed by atoms with E-state index in [0.29, 0.717) is 13.0 Å². The molecule has 1 aromatic heterocycles. The Morgan fingerprint density at radius 3 is 2.67 bits per heavy atom. The molecule has 0 radical (unpaired) electrons. The average molecular weight is 408 g/mol. The van der Waals surface area contributed by atoms with Crippen LogP contribution in [0, 0.1) is 18.3 Å². The Morgan fingerprint density at radius 1 is 1.27 bits per heavy atom. The van der Waals surface area contributed by atoms with Crippen LogP contribution in [0.3, 0.4) is 0 Å². The third-order valence-corrected chi connectivity index (χ3v) is 6.00. The summed E-state index contributed by atoms with van der Waals surface area (Å²) in [5, 5.41) is 24.9. The minimum atomic E-state index is -0.306. The first kappa shape index (κ1) is 20.5. The quantitative estimate of drug-likeness (QED) is 0.545. The minimum absolute atomic E-state index is 0.283. The Kier molecular flexibility index (Phi) is 5.82. The molecule has 30 heavy (non-hydrogen) atoms. The lowest BCUT2D eigenvalue weighted by molar-refractivity contribution is 0.282. The van der Waals surface area contributed by atoms with Gasteiger partial charge in [0.2, 0.25) is 0 Å². The predicted molar refractivity (Wildman–Crippen MR) is 113 cm³/mol. The van der Waals surface area contributed by atoms with Crippen molar-refractivity contribution < 1.29 is 4.74 Å². The molecule has 2 aromatic rings. The fourth-order valence-electron chi connectivity index (χ4n) is 3.96. The largest absolute Gasteiger partial charge is 0.497 e. The number of methoxy groups -OCH3 is 1. The van der Waals surface area contributed by atoms with E-state index in [9.17, 15) is 0 Å². The molecule has 8 heteroatoms. The number of aromatic nitrogens is 4. The zero-order valence-corrected chi connectivity index (χ0v) is 17.7. The number of benzene rings is 1. The fourth-order valence-corrected chi connectivity index (χ4v) is 3.96. The van der Waals surface area contributed by atoms with Crippen molar-refractivity contribution in [2.75, 3.05) is 13.7 Å². The van der Waals surface area contributed by atoms with E-state index in [4.69, 9.17) is 11.2 Å². The Morgan fingerprint density at radius 2 is 2.03 bits per heavy atom. The van der Waals surface area contributed by atoms with Crippen LogP contribution in [0.15, 0.2) is 34.5 Å². The van der Waals surface area contributed by atoms with Gasteiger partial charge in [-0.1, -0.05) is 25.0 Å². The first-order chi connectivity index (χ1) is 14.6. The molecule has 1 aliphatic carbocycles. The molecule has 8 nitrogen and oxygen atoms in total. The lowest BCUT2D eigenvalue weighted by atomic mass is 9.92. The van der Waals surface area contributed by atoms with E-state index in [1.165, 1.54) is 12.8 Å². The number of ether oxygens (including phenoxy) is 1. The Balaban J connectivity index is 1.45. The minimum Gasteiger partial charge on any atom is -0.497 e. The van der Waals surface area contributed by atoms with Crippen molar-refractivity contribution in [2.24, 2.45) is 16.1 Å². The third-order valence-electron chi connectivity index (χ3n) is 6.00. The van der Waals surface area contributed by atoms with E-state index in [0.717, 1.165) is 48.9 Å². The molecule has 0 bridgehead atoms. The highest BCUT2D eigenvalue weighted by molar-refractivity contribution is 5.27. The number of rotatable bonds is 12. The van der Waals surface area contributed by atoms with Crippen LogP contribution in [0.25, 0.3) is 0 Å². The van der Waals surface area contributed by atoms with Gasteiger partial charge in [0.15, 0.2) is 11.5 Å². The highest BCUT2D eigenvalue weighted by Crippen LogP contribution is 2.41. The molecule has 1 fully saturated rings. The first-order valence-electron chi connectivity index (χ1n) is 10.6. The van der Waals surface area contributed by atoms with Crippen molar-refractivity contribution in [3.05, 3.63) is 35.7 Å². The smallest absolute Gasteiger partial charge is 0.193 e. The molecule has 0 saturated heterocycles. The molecule has 1 aromatic carbocycles. The summed E-state index contributed by atoms with van der Waals surface area (Å²) in [7, 11) is 1.67. The van der Waals surface area contributed by atoms with Gasteiger partial charge in [-0.2, -0.15) is 10.2 Å². The maximum Gasteiger partial charge on any atom is 0.193 e. The normalized spacial score (nSPS) is 18.6. The van der Waals surface area contributed by atoms with Gasteiger partial charge in [-0.25, -0.2) is 4.68 Å². The molecule has 1 aliphatic heterocycles. The molecule has 2 heterocycles. The lowest BCUT2D eigenvalue weighted by Crippen LogP contribution is -2.44. The highest BCUT2D eigenvalue weighted by atomic mass is 16.5. The molecular weight excluding hydrogens is 378 g/mol. The van der Waals surface area contributed by atoms with Crippen LogP contribution in [-0.4, -0.2) is 39.5 Å². The number of hydrogen-bond acceptors (Lipinski definition) is 7. The third kappa shape index (κ3) is 4.85. The summed E-state index contributed by atoms with van der Waals surface area (Å²) in [5.74, 6) is 5.12. The van der Waals surface area contributed by atoms with Gasteiger partial charge in [0.1, 0.15) is 5.75 Å². The van der Waals surface area contributed by atoms with Gasteiger partial charge < -0.3 is 10.1 Å².